The Bertz CT molecular complexity index is 773. The standard InChI is InChI=1S/C16H14ClFN2O3S/c1-10(11-3-2-4-13(7-11)20(22)23)24-9-16(21)19-15-8-12(17)5-6-14(15)18/h2-8,10H,9H2,1H3,(H,19,21)/t10-/m1/s1. The number of nitrogens with one attached hydrogen (secondary N) is 1. The van der Waals surface area contributed by atoms with Gasteiger partial charge in [-0.3, -0.25) is 14.9 Å². The monoisotopic (exact) mass is 368 g/mol. The third kappa shape index (κ3) is 4.94. The Labute approximate surface area is 147 Å². The minimum atomic E-state index is -0.565. The van der Waals surface area contributed by atoms with E-state index in [0.717, 1.165) is 5.56 Å². The minimum Gasteiger partial charge on any atom is -0.323 e. The van der Waals surface area contributed by atoms with Crippen LogP contribution < -0.4 is 5.32 Å². The van der Waals surface area contributed by atoms with Crippen LogP contribution in [0, 0.1) is 15.9 Å². The Kier molecular flexibility index (Phi) is 6.16. The van der Waals surface area contributed by atoms with E-state index in [0.29, 0.717) is 5.02 Å². The number of benzene rings is 2. The van der Waals surface area contributed by atoms with Crippen molar-refractivity contribution in [3.8, 4) is 0 Å². The summed E-state index contributed by atoms with van der Waals surface area (Å²) in [6.45, 7) is 1.84. The molecule has 0 saturated heterocycles. The molecule has 1 N–H and O–H groups in total. The molecule has 0 bridgehead atoms. The number of halogens is 2. The number of anilines is 1. The summed E-state index contributed by atoms with van der Waals surface area (Å²) in [6, 6.07) is 10.2. The highest BCUT2D eigenvalue weighted by atomic mass is 35.5. The summed E-state index contributed by atoms with van der Waals surface area (Å²) < 4.78 is 13.6. The zero-order valence-corrected chi connectivity index (χ0v) is 14.2. The molecule has 126 valence electrons. The van der Waals surface area contributed by atoms with E-state index in [1.165, 1.54) is 42.1 Å². The van der Waals surface area contributed by atoms with Crippen molar-refractivity contribution in [1.29, 1.82) is 0 Å². The maximum absolute atomic E-state index is 13.6. The van der Waals surface area contributed by atoms with E-state index in [-0.39, 0.29) is 28.3 Å². The first kappa shape index (κ1) is 18.2. The van der Waals surface area contributed by atoms with Crippen LogP contribution in [0.15, 0.2) is 42.5 Å². The molecule has 1 atom stereocenters. The van der Waals surface area contributed by atoms with E-state index in [1.807, 2.05) is 6.92 Å². The van der Waals surface area contributed by atoms with Crippen molar-refractivity contribution in [3.05, 3.63) is 69.0 Å². The van der Waals surface area contributed by atoms with Crippen molar-refractivity contribution >= 4 is 40.6 Å². The van der Waals surface area contributed by atoms with Crippen LogP contribution in [-0.4, -0.2) is 16.6 Å². The first-order chi connectivity index (χ1) is 11.4. The molecule has 0 saturated carbocycles. The van der Waals surface area contributed by atoms with Gasteiger partial charge in [0.2, 0.25) is 5.91 Å². The van der Waals surface area contributed by atoms with Gasteiger partial charge in [0, 0.05) is 22.4 Å². The molecule has 0 aromatic heterocycles. The van der Waals surface area contributed by atoms with E-state index in [1.54, 1.807) is 12.1 Å². The van der Waals surface area contributed by atoms with E-state index in [4.69, 9.17) is 11.6 Å². The van der Waals surface area contributed by atoms with Crippen molar-refractivity contribution in [2.24, 2.45) is 0 Å². The molecule has 0 radical (unpaired) electrons. The molecule has 0 aliphatic heterocycles. The van der Waals surface area contributed by atoms with Gasteiger partial charge in [-0.25, -0.2) is 4.39 Å². The molecule has 0 aliphatic rings. The van der Waals surface area contributed by atoms with Gasteiger partial charge >= 0.3 is 0 Å². The number of non-ortho nitro benzene ring substituents is 1. The smallest absolute Gasteiger partial charge is 0.269 e. The Morgan fingerprint density at radius 3 is 2.83 bits per heavy atom. The molecule has 2 aromatic carbocycles. The van der Waals surface area contributed by atoms with Crippen LogP contribution in [0.4, 0.5) is 15.8 Å². The summed E-state index contributed by atoms with van der Waals surface area (Å²) in [7, 11) is 0. The van der Waals surface area contributed by atoms with E-state index < -0.39 is 10.7 Å². The molecule has 0 fully saturated rings. The van der Waals surface area contributed by atoms with Gasteiger partial charge in [-0.1, -0.05) is 23.7 Å². The molecule has 0 aliphatic carbocycles. The Morgan fingerprint density at radius 2 is 2.12 bits per heavy atom. The highest BCUT2D eigenvalue weighted by Crippen LogP contribution is 2.30. The van der Waals surface area contributed by atoms with Crippen LogP contribution in [-0.2, 0) is 4.79 Å². The zero-order chi connectivity index (χ0) is 17.7. The molecule has 1 amide bonds. The highest BCUT2D eigenvalue weighted by Gasteiger charge is 2.14. The Morgan fingerprint density at radius 1 is 1.38 bits per heavy atom. The summed E-state index contributed by atoms with van der Waals surface area (Å²) in [5.41, 5.74) is 0.775. The lowest BCUT2D eigenvalue weighted by Gasteiger charge is -2.12. The second-order valence-corrected chi connectivity index (χ2v) is 6.74. The number of rotatable bonds is 6. The first-order valence-electron chi connectivity index (χ1n) is 6.97. The number of amides is 1. The van der Waals surface area contributed by atoms with E-state index >= 15 is 0 Å². The first-order valence-corrected chi connectivity index (χ1v) is 8.40. The van der Waals surface area contributed by atoms with E-state index in [2.05, 4.69) is 5.32 Å². The lowest BCUT2D eigenvalue weighted by Crippen LogP contribution is -2.15. The number of nitro benzene ring substituents is 1. The fraction of sp³-hybridized carbons (Fsp3) is 0.188. The van der Waals surface area contributed by atoms with Crippen molar-refractivity contribution in [2.45, 2.75) is 12.2 Å². The highest BCUT2D eigenvalue weighted by molar-refractivity contribution is 8.00. The van der Waals surface area contributed by atoms with Crippen molar-refractivity contribution in [3.63, 3.8) is 0 Å². The van der Waals surface area contributed by atoms with Gasteiger partial charge in [-0.05, 0) is 30.7 Å². The van der Waals surface area contributed by atoms with Crippen LogP contribution in [0.2, 0.25) is 5.02 Å². The quantitative estimate of drug-likeness (QED) is 0.586. The van der Waals surface area contributed by atoms with Crippen molar-refractivity contribution in [1.82, 2.24) is 0 Å². The van der Waals surface area contributed by atoms with Gasteiger partial charge in [0.05, 0.1) is 16.4 Å². The summed E-state index contributed by atoms with van der Waals surface area (Å²) >= 11 is 7.07. The lowest BCUT2D eigenvalue weighted by molar-refractivity contribution is -0.384. The molecule has 0 spiro atoms. The van der Waals surface area contributed by atoms with Gasteiger partial charge in [-0.15, -0.1) is 11.8 Å². The number of carbonyl (C=O) groups excluding carboxylic acids is 1. The summed E-state index contributed by atoms with van der Waals surface area (Å²) in [4.78, 5) is 22.3. The predicted molar refractivity (Wildman–Crippen MR) is 94.0 cm³/mol. The summed E-state index contributed by atoms with van der Waals surface area (Å²) in [6.07, 6.45) is 0. The molecular formula is C16H14ClFN2O3S. The van der Waals surface area contributed by atoms with Gasteiger partial charge in [0.15, 0.2) is 0 Å². The fourth-order valence-electron chi connectivity index (χ4n) is 1.97. The number of thioether (sulfide) groups is 1. The number of carbonyl (C=O) groups is 1. The predicted octanol–water partition coefficient (Wildman–Crippen LogP) is 4.82. The van der Waals surface area contributed by atoms with Crippen LogP contribution in [0.25, 0.3) is 0 Å². The topological polar surface area (TPSA) is 72.2 Å². The Balaban J connectivity index is 1.95. The number of nitro groups is 1. The average molecular weight is 369 g/mol. The fourth-order valence-corrected chi connectivity index (χ4v) is 2.95. The van der Waals surface area contributed by atoms with Crippen molar-refractivity contribution < 1.29 is 14.1 Å². The SMILES string of the molecule is C[C@@H](SCC(=O)Nc1cc(Cl)ccc1F)c1cccc([N+](=O)[O-])c1. The third-order valence-electron chi connectivity index (χ3n) is 3.22. The minimum absolute atomic E-state index is 0.00500. The zero-order valence-electron chi connectivity index (χ0n) is 12.7. The molecule has 2 aromatic rings. The van der Waals surface area contributed by atoms with Gasteiger partial charge in [-0.2, -0.15) is 0 Å². The van der Waals surface area contributed by atoms with Crippen LogP contribution in [0.3, 0.4) is 0 Å². The summed E-state index contributed by atoms with van der Waals surface area (Å²) in [5.74, 6) is -0.863. The summed E-state index contributed by atoms with van der Waals surface area (Å²) in [5, 5.41) is 13.5. The second-order valence-electron chi connectivity index (χ2n) is 4.98. The molecule has 2 rings (SSSR count). The molecular weight excluding hydrogens is 355 g/mol. The van der Waals surface area contributed by atoms with Gasteiger partial charge < -0.3 is 5.32 Å². The van der Waals surface area contributed by atoms with E-state index in [9.17, 15) is 19.3 Å². The molecule has 8 heteroatoms. The number of nitrogens with zero attached hydrogens (tertiary/aromatic N) is 1. The number of hydrogen-bond acceptors (Lipinski definition) is 4. The van der Waals surface area contributed by atoms with Gasteiger partial charge in [0.25, 0.3) is 5.69 Å². The molecule has 5 nitrogen and oxygen atoms in total. The van der Waals surface area contributed by atoms with Crippen LogP contribution in [0.1, 0.15) is 17.7 Å². The largest absolute Gasteiger partial charge is 0.323 e. The third-order valence-corrected chi connectivity index (χ3v) is 4.65. The number of hydrogen-bond donors (Lipinski definition) is 1. The molecule has 0 heterocycles. The lowest BCUT2D eigenvalue weighted by atomic mass is 10.1. The van der Waals surface area contributed by atoms with Crippen LogP contribution >= 0.6 is 23.4 Å². The maximum Gasteiger partial charge on any atom is 0.269 e. The molecule has 0 unspecified atom stereocenters. The van der Waals surface area contributed by atoms with Crippen molar-refractivity contribution in [2.75, 3.05) is 11.1 Å². The normalized spacial score (nSPS) is 11.8. The molecule has 24 heavy (non-hydrogen) atoms. The maximum atomic E-state index is 13.6. The second kappa shape index (κ2) is 8.12. The van der Waals surface area contributed by atoms with Gasteiger partial charge in [0.1, 0.15) is 5.82 Å². The van der Waals surface area contributed by atoms with Crippen LogP contribution in [0.5, 0.6) is 0 Å². The Hall–Kier alpha value is -2.12. The average Bonchev–Trinajstić information content (AvgIpc) is 2.56.